The predicted molar refractivity (Wildman–Crippen MR) is 102 cm³/mol. The minimum absolute atomic E-state index is 0.193. The molecule has 1 aliphatic heterocycles. The number of rotatable bonds is 9. The van der Waals surface area contributed by atoms with Crippen LogP contribution in [0.5, 0.6) is 0 Å². The zero-order valence-corrected chi connectivity index (χ0v) is 16.3. The van der Waals surface area contributed by atoms with Gasteiger partial charge in [-0.25, -0.2) is 4.79 Å². The second-order valence-corrected chi connectivity index (χ2v) is 6.76. The fourth-order valence-corrected chi connectivity index (χ4v) is 2.88. The van der Waals surface area contributed by atoms with Gasteiger partial charge in [0.15, 0.2) is 0 Å². The number of hydrogen-bond donors (Lipinski definition) is 0. The third-order valence-electron chi connectivity index (χ3n) is 4.40. The molecule has 1 rings (SSSR count). The maximum Gasteiger partial charge on any atom is 0.330 e. The molecule has 0 bridgehead atoms. The smallest absolute Gasteiger partial charge is 0.330 e. The number of nitrogens with zero attached hydrogens (tertiary/aromatic N) is 1. The number of allylic oxidation sites excluding steroid dienone is 4. The first kappa shape index (κ1) is 21.2. The topological polar surface area (TPSA) is 46.6 Å². The van der Waals surface area contributed by atoms with Crippen LogP contribution in [0.15, 0.2) is 34.9 Å². The number of ether oxygens (including phenoxy) is 1. The maximum atomic E-state index is 12.2. The van der Waals surface area contributed by atoms with Gasteiger partial charge >= 0.3 is 5.97 Å². The quantitative estimate of drug-likeness (QED) is 0.349. The highest BCUT2D eigenvalue weighted by Gasteiger charge is 2.18. The summed E-state index contributed by atoms with van der Waals surface area (Å²) in [4.78, 5) is 25.5. The summed E-state index contributed by atoms with van der Waals surface area (Å²) >= 11 is 0. The molecule has 1 aliphatic rings. The number of carbonyl (C=O) groups excluding carboxylic acids is 2. The molecule has 0 aromatic rings. The molecule has 0 spiro atoms. The van der Waals surface area contributed by atoms with Crippen LogP contribution >= 0.6 is 0 Å². The van der Waals surface area contributed by atoms with Gasteiger partial charge in [0.1, 0.15) is 0 Å². The molecule has 140 valence electrons. The lowest BCUT2D eigenvalue weighted by Crippen LogP contribution is -2.28. The van der Waals surface area contributed by atoms with E-state index in [1.807, 2.05) is 25.7 Å². The Kier molecular flexibility index (Phi) is 9.90. The normalized spacial score (nSPS) is 16.3. The van der Waals surface area contributed by atoms with Gasteiger partial charge in [-0.3, -0.25) is 4.79 Å². The molecule has 1 heterocycles. The number of carbonyl (C=O) groups is 2. The molecule has 4 heteroatoms. The van der Waals surface area contributed by atoms with Crippen molar-refractivity contribution in [1.82, 2.24) is 4.90 Å². The van der Waals surface area contributed by atoms with Crippen LogP contribution < -0.4 is 0 Å². The summed E-state index contributed by atoms with van der Waals surface area (Å²) in [6.07, 6.45) is 11.7. The van der Waals surface area contributed by atoms with E-state index in [1.54, 1.807) is 6.08 Å². The Morgan fingerprint density at radius 3 is 2.20 bits per heavy atom. The van der Waals surface area contributed by atoms with E-state index in [4.69, 9.17) is 4.74 Å². The fourth-order valence-electron chi connectivity index (χ4n) is 2.88. The first-order valence-corrected chi connectivity index (χ1v) is 9.39. The van der Waals surface area contributed by atoms with Gasteiger partial charge in [0.25, 0.3) is 0 Å². The van der Waals surface area contributed by atoms with Crippen molar-refractivity contribution in [2.45, 2.75) is 66.2 Å². The highest BCUT2D eigenvalue weighted by atomic mass is 16.5. The van der Waals surface area contributed by atoms with Crippen LogP contribution in [-0.2, 0) is 14.3 Å². The Balaban J connectivity index is 2.31. The van der Waals surface area contributed by atoms with E-state index < -0.39 is 0 Å². The molecule has 0 unspecified atom stereocenters. The average Bonchev–Trinajstić information content (AvgIpc) is 3.08. The van der Waals surface area contributed by atoms with Gasteiger partial charge in [-0.15, -0.1) is 0 Å². The third kappa shape index (κ3) is 8.71. The van der Waals surface area contributed by atoms with Crippen molar-refractivity contribution < 1.29 is 14.3 Å². The highest BCUT2D eigenvalue weighted by Crippen LogP contribution is 2.14. The third-order valence-corrected chi connectivity index (χ3v) is 4.40. The van der Waals surface area contributed by atoms with Gasteiger partial charge in [0, 0.05) is 24.7 Å². The molecular weight excluding hydrogens is 314 g/mol. The molecule has 0 N–H and O–H groups in total. The average molecular weight is 347 g/mol. The Labute approximate surface area is 152 Å². The summed E-state index contributed by atoms with van der Waals surface area (Å²) in [5, 5.41) is 0. The SMILES string of the molecule is CCOC(=O)C=C(C)CCC=C(C)CCC=C(C)C(=O)N1CCCC1. The lowest BCUT2D eigenvalue weighted by molar-refractivity contribution is -0.137. The van der Waals surface area contributed by atoms with Crippen LogP contribution in [0.25, 0.3) is 0 Å². The van der Waals surface area contributed by atoms with E-state index in [9.17, 15) is 9.59 Å². The second kappa shape index (κ2) is 11.7. The van der Waals surface area contributed by atoms with Gasteiger partial charge < -0.3 is 9.64 Å². The zero-order chi connectivity index (χ0) is 18.7. The van der Waals surface area contributed by atoms with Crippen LogP contribution in [0.3, 0.4) is 0 Å². The van der Waals surface area contributed by atoms with Crippen molar-refractivity contribution in [2.24, 2.45) is 0 Å². The van der Waals surface area contributed by atoms with E-state index in [0.717, 1.165) is 62.8 Å². The molecule has 1 saturated heterocycles. The summed E-state index contributed by atoms with van der Waals surface area (Å²) in [7, 11) is 0. The lowest BCUT2D eigenvalue weighted by Gasteiger charge is -2.15. The van der Waals surface area contributed by atoms with Gasteiger partial charge in [0.2, 0.25) is 5.91 Å². The van der Waals surface area contributed by atoms with Gasteiger partial charge in [-0.2, -0.15) is 0 Å². The lowest BCUT2D eigenvalue weighted by atomic mass is 10.1. The van der Waals surface area contributed by atoms with Gasteiger partial charge in [-0.1, -0.05) is 23.3 Å². The molecule has 0 aromatic carbocycles. The molecular formula is C21H33NO3. The minimum Gasteiger partial charge on any atom is -0.463 e. The highest BCUT2D eigenvalue weighted by molar-refractivity contribution is 5.92. The van der Waals surface area contributed by atoms with Crippen LogP contribution in [0.4, 0.5) is 0 Å². The molecule has 0 aliphatic carbocycles. The minimum atomic E-state index is -0.260. The number of likely N-dealkylation sites (tertiary alicyclic amines) is 1. The molecule has 0 saturated carbocycles. The van der Waals surface area contributed by atoms with E-state index in [1.165, 1.54) is 5.57 Å². The summed E-state index contributed by atoms with van der Waals surface area (Å²) in [5.74, 6) is -0.0668. The zero-order valence-electron chi connectivity index (χ0n) is 16.3. The largest absolute Gasteiger partial charge is 0.463 e. The van der Waals surface area contributed by atoms with Crippen molar-refractivity contribution >= 4 is 11.9 Å². The Bertz CT molecular complexity index is 537. The predicted octanol–water partition coefficient (Wildman–Crippen LogP) is 4.57. The maximum absolute atomic E-state index is 12.2. The van der Waals surface area contributed by atoms with Crippen molar-refractivity contribution in [2.75, 3.05) is 19.7 Å². The molecule has 1 fully saturated rings. The number of hydrogen-bond acceptors (Lipinski definition) is 3. The van der Waals surface area contributed by atoms with Crippen molar-refractivity contribution in [1.29, 1.82) is 0 Å². The van der Waals surface area contributed by atoms with Crippen molar-refractivity contribution in [3.8, 4) is 0 Å². The summed E-state index contributed by atoms with van der Waals surface area (Å²) < 4.78 is 4.90. The first-order valence-electron chi connectivity index (χ1n) is 9.39. The van der Waals surface area contributed by atoms with E-state index in [-0.39, 0.29) is 11.9 Å². The fraction of sp³-hybridized carbons (Fsp3) is 0.619. The monoisotopic (exact) mass is 347 g/mol. The summed E-state index contributed by atoms with van der Waals surface area (Å²) in [6, 6.07) is 0. The summed E-state index contributed by atoms with van der Waals surface area (Å²) in [5.41, 5.74) is 3.22. The van der Waals surface area contributed by atoms with Crippen LogP contribution in [0.2, 0.25) is 0 Å². The van der Waals surface area contributed by atoms with Crippen molar-refractivity contribution in [3.05, 3.63) is 34.9 Å². The van der Waals surface area contributed by atoms with Gasteiger partial charge in [0.05, 0.1) is 6.61 Å². The van der Waals surface area contributed by atoms with E-state index in [0.29, 0.717) is 6.61 Å². The number of amides is 1. The molecule has 0 aromatic heterocycles. The Hall–Kier alpha value is -1.84. The first-order chi connectivity index (χ1) is 11.9. The van der Waals surface area contributed by atoms with Crippen molar-refractivity contribution in [3.63, 3.8) is 0 Å². The molecule has 25 heavy (non-hydrogen) atoms. The Morgan fingerprint density at radius 1 is 0.960 bits per heavy atom. The summed E-state index contributed by atoms with van der Waals surface area (Å²) in [6.45, 7) is 10.0. The van der Waals surface area contributed by atoms with Crippen LogP contribution in [0.1, 0.15) is 66.2 Å². The standard InChI is InChI=1S/C21H33NO3/c1-5-25-20(23)16-18(3)12-8-10-17(2)11-9-13-19(4)21(24)22-14-6-7-15-22/h10,13,16H,5-9,11-12,14-15H2,1-4H3. The van der Waals surface area contributed by atoms with Gasteiger partial charge in [-0.05, 0) is 66.2 Å². The molecule has 1 amide bonds. The van der Waals surface area contributed by atoms with Crippen LogP contribution in [0, 0.1) is 0 Å². The van der Waals surface area contributed by atoms with E-state index in [2.05, 4.69) is 19.1 Å². The molecule has 4 nitrogen and oxygen atoms in total. The second-order valence-electron chi connectivity index (χ2n) is 6.76. The van der Waals surface area contributed by atoms with E-state index >= 15 is 0 Å². The Morgan fingerprint density at radius 2 is 1.56 bits per heavy atom. The number of esters is 1. The van der Waals surface area contributed by atoms with Crippen LogP contribution in [-0.4, -0.2) is 36.5 Å². The molecule has 0 atom stereocenters. The molecule has 0 radical (unpaired) electrons.